The van der Waals surface area contributed by atoms with Gasteiger partial charge in [-0.3, -0.25) is 4.79 Å². The van der Waals surface area contributed by atoms with Crippen molar-refractivity contribution in [2.75, 3.05) is 40.2 Å². The summed E-state index contributed by atoms with van der Waals surface area (Å²) < 4.78 is 17.2. The highest BCUT2D eigenvalue weighted by Gasteiger charge is 2.24. The maximum atomic E-state index is 12.9. The van der Waals surface area contributed by atoms with Crippen LogP contribution in [0.25, 0.3) is 22.2 Å². The van der Waals surface area contributed by atoms with Crippen molar-refractivity contribution >= 4 is 40.1 Å². The smallest absolute Gasteiger partial charge is 0.257 e. The molecule has 10 heteroatoms. The lowest BCUT2D eigenvalue weighted by atomic mass is 10.2. The van der Waals surface area contributed by atoms with E-state index >= 15 is 0 Å². The van der Waals surface area contributed by atoms with E-state index in [2.05, 4.69) is 20.4 Å². The molecule has 0 saturated heterocycles. The number of carbonyl (C=O) groups excluding carboxylic acids is 1. The minimum absolute atomic E-state index is 0.119. The maximum absolute atomic E-state index is 12.9. The zero-order chi connectivity index (χ0) is 23.4. The SMILES string of the molecule is COCCNC(=O)c1c(N)n(N=Cc2cccc(OC)c2OC)c2nc3ccccc3nc12. The number of anilines is 1. The van der Waals surface area contributed by atoms with Gasteiger partial charge in [0, 0.05) is 19.2 Å². The third-order valence-corrected chi connectivity index (χ3v) is 5.04. The molecule has 0 unspecified atom stereocenters. The van der Waals surface area contributed by atoms with Gasteiger partial charge in [-0.15, -0.1) is 0 Å². The van der Waals surface area contributed by atoms with Crippen molar-refractivity contribution in [2.45, 2.75) is 0 Å². The zero-order valence-electron chi connectivity index (χ0n) is 18.5. The van der Waals surface area contributed by atoms with Crippen LogP contribution < -0.4 is 20.5 Å². The number of benzene rings is 2. The summed E-state index contributed by atoms with van der Waals surface area (Å²) in [6, 6.07) is 12.8. The normalized spacial score (nSPS) is 11.4. The molecule has 2 heterocycles. The average Bonchev–Trinajstić information content (AvgIpc) is 3.10. The first-order valence-electron chi connectivity index (χ1n) is 10.2. The molecule has 0 bridgehead atoms. The third-order valence-electron chi connectivity index (χ3n) is 5.04. The fraction of sp³-hybridized carbons (Fsp3) is 0.217. The van der Waals surface area contributed by atoms with Crippen molar-refractivity contribution in [1.29, 1.82) is 0 Å². The van der Waals surface area contributed by atoms with Crippen LogP contribution in [0.5, 0.6) is 11.5 Å². The van der Waals surface area contributed by atoms with E-state index in [1.807, 2.05) is 36.4 Å². The Bertz CT molecular complexity index is 1350. The minimum atomic E-state index is -0.382. The van der Waals surface area contributed by atoms with Crippen molar-refractivity contribution in [1.82, 2.24) is 20.0 Å². The van der Waals surface area contributed by atoms with E-state index < -0.39 is 0 Å². The number of nitrogens with two attached hydrogens (primary N) is 1. The predicted molar refractivity (Wildman–Crippen MR) is 126 cm³/mol. The number of amides is 1. The number of nitrogens with zero attached hydrogens (tertiary/aromatic N) is 4. The van der Waals surface area contributed by atoms with E-state index in [0.29, 0.717) is 52.4 Å². The van der Waals surface area contributed by atoms with Gasteiger partial charge in [-0.05, 0) is 24.3 Å². The number of ether oxygens (including phenoxy) is 3. The largest absolute Gasteiger partial charge is 0.493 e. The fourth-order valence-corrected chi connectivity index (χ4v) is 3.48. The number of fused-ring (bicyclic) bond motifs is 2. The molecule has 0 atom stereocenters. The maximum Gasteiger partial charge on any atom is 0.257 e. The molecule has 0 aliphatic carbocycles. The minimum Gasteiger partial charge on any atom is -0.493 e. The van der Waals surface area contributed by atoms with Crippen molar-refractivity contribution in [3.63, 3.8) is 0 Å². The summed E-state index contributed by atoms with van der Waals surface area (Å²) in [5.41, 5.74) is 9.28. The summed E-state index contributed by atoms with van der Waals surface area (Å²) in [5, 5.41) is 7.31. The van der Waals surface area contributed by atoms with Crippen LogP contribution >= 0.6 is 0 Å². The lowest BCUT2D eigenvalue weighted by Gasteiger charge is -2.09. The molecule has 4 rings (SSSR count). The molecular weight excluding hydrogens is 424 g/mol. The molecule has 4 aromatic rings. The summed E-state index contributed by atoms with van der Waals surface area (Å²) in [4.78, 5) is 22.3. The van der Waals surface area contributed by atoms with Crippen LogP contribution in [0, 0.1) is 0 Å². The van der Waals surface area contributed by atoms with Gasteiger partial charge in [0.05, 0.1) is 38.1 Å². The van der Waals surface area contributed by atoms with E-state index in [9.17, 15) is 4.79 Å². The van der Waals surface area contributed by atoms with Gasteiger partial charge in [0.15, 0.2) is 17.1 Å². The van der Waals surface area contributed by atoms with Gasteiger partial charge in [0.2, 0.25) is 0 Å². The number of carbonyl (C=O) groups is 1. The first-order chi connectivity index (χ1) is 16.1. The van der Waals surface area contributed by atoms with E-state index in [4.69, 9.17) is 19.9 Å². The highest BCUT2D eigenvalue weighted by molar-refractivity contribution is 6.10. The Hall–Kier alpha value is -4.18. The lowest BCUT2D eigenvalue weighted by molar-refractivity contribution is 0.0939. The van der Waals surface area contributed by atoms with Gasteiger partial charge in [-0.1, -0.05) is 18.2 Å². The van der Waals surface area contributed by atoms with Crippen LogP contribution in [-0.4, -0.2) is 61.2 Å². The van der Waals surface area contributed by atoms with Crippen LogP contribution in [0.15, 0.2) is 47.6 Å². The Morgan fingerprint density at radius 2 is 1.85 bits per heavy atom. The Labute approximate surface area is 190 Å². The standard InChI is InChI=1S/C23H24N6O4/c1-31-12-11-25-23(30)18-19-22(28-16-9-5-4-8-15(16)27-19)29(21(18)24)26-13-14-7-6-10-17(32-2)20(14)33-3/h4-10,13H,11-12,24H2,1-3H3,(H,25,30). The Morgan fingerprint density at radius 3 is 2.55 bits per heavy atom. The summed E-state index contributed by atoms with van der Waals surface area (Å²) in [7, 11) is 4.67. The second-order valence-corrected chi connectivity index (χ2v) is 7.03. The third kappa shape index (κ3) is 4.15. The Morgan fingerprint density at radius 1 is 1.09 bits per heavy atom. The highest BCUT2D eigenvalue weighted by Crippen LogP contribution is 2.31. The molecule has 2 aromatic carbocycles. The molecule has 0 spiro atoms. The molecule has 10 nitrogen and oxygen atoms in total. The monoisotopic (exact) mass is 448 g/mol. The number of hydrogen-bond acceptors (Lipinski definition) is 8. The highest BCUT2D eigenvalue weighted by atomic mass is 16.5. The Kier molecular flexibility index (Phi) is 6.36. The van der Waals surface area contributed by atoms with Crippen LogP contribution in [-0.2, 0) is 4.74 Å². The summed E-state index contributed by atoms with van der Waals surface area (Å²) >= 11 is 0. The quantitative estimate of drug-likeness (QED) is 0.313. The van der Waals surface area contributed by atoms with Crippen molar-refractivity contribution in [3.05, 3.63) is 53.6 Å². The first kappa shape index (κ1) is 22.0. The molecular formula is C23H24N6O4. The molecule has 0 aliphatic rings. The molecule has 3 N–H and O–H groups in total. The molecule has 170 valence electrons. The summed E-state index contributed by atoms with van der Waals surface area (Å²) in [6.45, 7) is 0.694. The van der Waals surface area contributed by atoms with Crippen LogP contribution in [0.3, 0.4) is 0 Å². The number of nitrogen functional groups attached to an aromatic ring is 1. The van der Waals surface area contributed by atoms with Crippen LogP contribution in [0.1, 0.15) is 15.9 Å². The van der Waals surface area contributed by atoms with E-state index in [0.717, 1.165) is 0 Å². The lowest BCUT2D eigenvalue weighted by Crippen LogP contribution is -2.27. The number of nitrogens with one attached hydrogen (secondary N) is 1. The van der Waals surface area contributed by atoms with E-state index in [1.54, 1.807) is 33.6 Å². The fourth-order valence-electron chi connectivity index (χ4n) is 3.48. The van der Waals surface area contributed by atoms with E-state index in [1.165, 1.54) is 4.68 Å². The number of aromatic nitrogens is 3. The second kappa shape index (κ2) is 9.53. The first-order valence-corrected chi connectivity index (χ1v) is 10.2. The molecule has 0 saturated carbocycles. The summed E-state index contributed by atoms with van der Waals surface area (Å²) in [5.74, 6) is 0.823. The topological polar surface area (TPSA) is 126 Å². The number of methoxy groups -OCH3 is 3. The van der Waals surface area contributed by atoms with Crippen molar-refractivity contribution in [3.8, 4) is 11.5 Å². The van der Waals surface area contributed by atoms with Gasteiger partial charge >= 0.3 is 0 Å². The van der Waals surface area contributed by atoms with Gasteiger partial charge in [0.25, 0.3) is 5.91 Å². The number of para-hydroxylation sites is 3. The average molecular weight is 448 g/mol. The van der Waals surface area contributed by atoms with Gasteiger partial charge in [0.1, 0.15) is 16.9 Å². The number of rotatable bonds is 8. The molecule has 1 amide bonds. The number of hydrogen-bond donors (Lipinski definition) is 2. The molecule has 2 aromatic heterocycles. The predicted octanol–water partition coefficient (Wildman–Crippen LogP) is 2.44. The van der Waals surface area contributed by atoms with Crippen molar-refractivity contribution in [2.24, 2.45) is 5.10 Å². The molecule has 0 radical (unpaired) electrons. The van der Waals surface area contributed by atoms with Crippen LogP contribution in [0.4, 0.5) is 5.82 Å². The molecule has 33 heavy (non-hydrogen) atoms. The van der Waals surface area contributed by atoms with Gasteiger partial charge in [-0.25, -0.2) is 9.97 Å². The van der Waals surface area contributed by atoms with E-state index in [-0.39, 0.29) is 17.3 Å². The second-order valence-electron chi connectivity index (χ2n) is 7.03. The zero-order valence-corrected chi connectivity index (χ0v) is 18.5. The van der Waals surface area contributed by atoms with Crippen molar-refractivity contribution < 1.29 is 19.0 Å². The van der Waals surface area contributed by atoms with Gasteiger partial charge in [-0.2, -0.15) is 9.78 Å². The Balaban J connectivity index is 1.87. The van der Waals surface area contributed by atoms with Gasteiger partial charge < -0.3 is 25.3 Å². The van der Waals surface area contributed by atoms with Crippen LogP contribution in [0.2, 0.25) is 0 Å². The summed E-state index contributed by atoms with van der Waals surface area (Å²) in [6.07, 6.45) is 1.57. The molecule has 0 fully saturated rings. The molecule has 0 aliphatic heterocycles.